The van der Waals surface area contributed by atoms with E-state index in [0.717, 1.165) is 11.3 Å². The maximum Gasteiger partial charge on any atom is 0.115 e. The molecule has 0 aromatic heterocycles. The fourth-order valence-corrected chi connectivity index (χ4v) is 1.73. The topological polar surface area (TPSA) is 56.0 Å². The SMILES string of the molecule is N#Cc1ccc(Cl)c(NCc2ccc(O)cc2)c1. The largest absolute Gasteiger partial charge is 0.508 e. The molecule has 0 aliphatic heterocycles. The van der Waals surface area contributed by atoms with Crippen LogP contribution in [0, 0.1) is 11.3 Å². The number of phenolic OH excluding ortho intramolecular Hbond substituents is 1. The molecule has 4 heteroatoms. The summed E-state index contributed by atoms with van der Waals surface area (Å²) in [7, 11) is 0. The van der Waals surface area contributed by atoms with Gasteiger partial charge in [-0.15, -0.1) is 0 Å². The Kier molecular flexibility index (Phi) is 3.71. The van der Waals surface area contributed by atoms with Crippen LogP contribution >= 0.6 is 11.6 Å². The van der Waals surface area contributed by atoms with Crippen LogP contribution in [-0.4, -0.2) is 5.11 Å². The van der Waals surface area contributed by atoms with E-state index < -0.39 is 0 Å². The fraction of sp³-hybridized carbons (Fsp3) is 0.0714. The molecule has 0 atom stereocenters. The average Bonchev–Trinajstić information content (AvgIpc) is 2.40. The van der Waals surface area contributed by atoms with Gasteiger partial charge in [-0.25, -0.2) is 0 Å². The molecule has 3 nitrogen and oxygen atoms in total. The van der Waals surface area contributed by atoms with Gasteiger partial charge in [-0.3, -0.25) is 0 Å². The second-order valence-electron chi connectivity index (χ2n) is 3.83. The van der Waals surface area contributed by atoms with Gasteiger partial charge in [-0.2, -0.15) is 5.26 Å². The van der Waals surface area contributed by atoms with E-state index in [4.69, 9.17) is 16.9 Å². The summed E-state index contributed by atoms with van der Waals surface area (Å²) in [5.41, 5.74) is 2.31. The Morgan fingerprint density at radius 3 is 2.56 bits per heavy atom. The molecule has 0 radical (unpaired) electrons. The van der Waals surface area contributed by atoms with Crippen molar-refractivity contribution in [3.63, 3.8) is 0 Å². The third-order valence-electron chi connectivity index (χ3n) is 2.51. The predicted octanol–water partition coefficient (Wildman–Crippen LogP) is 3.53. The lowest BCUT2D eigenvalue weighted by molar-refractivity contribution is 0.475. The second-order valence-corrected chi connectivity index (χ2v) is 4.23. The summed E-state index contributed by atoms with van der Waals surface area (Å²) in [5.74, 6) is 0.239. The standard InChI is InChI=1S/C14H11ClN2O/c15-13-6-3-11(8-16)7-14(13)17-9-10-1-4-12(18)5-2-10/h1-7,17-18H,9H2. The number of rotatable bonds is 3. The van der Waals surface area contributed by atoms with E-state index in [9.17, 15) is 5.11 Å². The first-order chi connectivity index (χ1) is 8.69. The summed E-state index contributed by atoms with van der Waals surface area (Å²) in [6.45, 7) is 0.578. The van der Waals surface area contributed by atoms with Gasteiger partial charge in [0.1, 0.15) is 5.75 Å². The molecular formula is C14H11ClN2O. The number of hydrogen-bond acceptors (Lipinski definition) is 3. The monoisotopic (exact) mass is 258 g/mol. The number of benzene rings is 2. The normalized spacial score (nSPS) is 9.78. The first kappa shape index (κ1) is 12.3. The Balaban J connectivity index is 2.10. The Morgan fingerprint density at radius 1 is 1.17 bits per heavy atom. The average molecular weight is 259 g/mol. The molecule has 2 aromatic carbocycles. The van der Waals surface area contributed by atoms with Crippen LogP contribution in [0.5, 0.6) is 5.75 Å². The highest BCUT2D eigenvalue weighted by Crippen LogP contribution is 2.23. The summed E-state index contributed by atoms with van der Waals surface area (Å²) in [5, 5.41) is 21.7. The molecule has 2 aromatic rings. The number of nitrogens with one attached hydrogen (secondary N) is 1. The van der Waals surface area contributed by atoms with Crippen molar-refractivity contribution in [2.24, 2.45) is 0 Å². The van der Waals surface area contributed by atoms with Gasteiger partial charge >= 0.3 is 0 Å². The van der Waals surface area contributed by atoms with E-state index >= 15 is 0 Å². The Labute approximate surface area is 110 Å². The van der Waals surface area contributed by atoms with Crippen molar-refractivity contribution in [2.75, 3.05) is 5.32 Å². The smallest absolute Gasteiger partial charge is 0.115 e. The minimum Gasteiger partial charge on any atom is -0.508 e. The Bertz CT molecular complexity index is 588. The van der Waals surface area contributed by atoms with E-state index in [1.165, 1.54) is 0 Å². The van der Waals surface area contributed by atoms with Crippen molar-refractivity contribution in [3.05, 3.63) is 58.6 Å². The lowest BCUT2D eigenvalue weighted by Crippen LogP contribution is -2.00. The number of phenols is 1. The van der Waals surface area contributed by atoms with Gasteiger partial charge in [-0.1, -0.05) is 23.7 Å². The zero-order chi connectivity index (χ0) is 13.0. The summed E-state index contributed by atoms with van der Waals surface area (Å²) in [6, 6.07) is 14.1. The van der Waals surface area contributed by atoms with Crippen LogP contribution < -0.4 is 5.32 Å². The number of nitrogens with zero attached hydrogens (tertiary/aromatic N) is 1. The summed E-state index contributed by atoms with van der Waals surface area (Å²) in [4.78, 5) is 0. The first-order valence-corrected chi connectivity index (χ1v) is 5.78. The van der Waals surface area contributed by atoms with Crippen molar-refractivity contribution < 1.29 is 5.11 Å². The van der Waals surface area contributed by atoms with Crippen LogP contribution in [0.15, 0.2) is 42.5 Å². The second kappa shape index (κ2) is 5.44. The molecule has 0 fully saturated rings. The highest BCUT2D eigenvalue weighted by atomic mass is 35.5. The summed E-state index contributed by atoms with van der Waals surface area (Å²) >= 11 is 6.03. The van der Waals surface area contributed by atoms with Gasteiger partial charge < -0.3 is 10.4 Å². The molecule has 0 aliphatic carbocycles. The molecule has 18 heavy (non-hydrogen) atoms. The van der Waals surface area contributed by atoms with Gasteiger partial charge in [-0.05, 0) is 35.9 Å². The van der Waals surface area contributed by atoms with Crippen LogP contribution in [0.2, 0.25) is 5.02 Å². The summed E-state index contributed by atoms with van der Waals surface area (Å²) < 4.78 is 0. The number of anilines is 1. The number of aromatic hydroxyl groups is 1. The van der Waals surface area contributed by atoms with E-state index in [1.54, 1.807) is 30.3 Å². The molecule has 0 spiro atoms. The maximum absolute atomic E-state index is 9.18. The Morgan fingerprint density at radius 2 is 1.89 bits per heavy atom. The maximum atomic E-state index is 9.18. The first-order valence-electron chi connectivity index (χ1n) is 5.40. The minimum absolute atomic E-state index is 0.239. The van der Waals surface area contributed by atoms with Crippen LogP contribution in [0.25, 0.3) is 0 Å². The van der Waals surface area contributed by atoms with Crippen LogP contribution in [0.4, 0.5) is 5.69 Å². The molecule has 0 bridgehead atoms. The number of halogens is 1. The molecule has 0 heterocycles. The van der Waals surface area contributed by atoms with E-state index in [2.05, 4.69) is 11.4 Å². The van der Waals surface area contributed by atoms with Gasteiger partial charge in [0, 0.05) is 6.54 Å². The molecule has 0 aliphatic rings. The van der Waals surface area contributed by atoms with Gasteiger partial charge in [0.05, 0.1) is 22.3 Å². The lowest BCUT2D eigenvalue weighted by Gasteiger charge is -2.08. The predicted molar refractivity (Wildman–Crippen MR) is 71.6 cm³/mol. The number of hydrogen-bond donors (Lipinski definition) is 2. The van der Waals surface area contributed by atoms with Crippen molar-refractivity contribution in [2.45, 2.75) is 6.54 Å². The zero-order valence-electron chi connectivity index (χ0n) is 9.52. The van der Waals surface area contributed by atoms with Crippen molar-refractivity contribution in [3.8, 4) is 11.8 Å². The van der Waals surface area contributed by atoms with Crippen molar-refractivity contribution >= 4 is 17.3 Å². The molecule has 0 unspecified atom stereocenters. The lowest BCUT2D eigenvalue weighted by atomic mass is 10.2. The molecular weight excluding hydrogens is 248 g/mol. The third-order valence-corrected chi connectivity index (χ3v) is 2.84. The van der Waals surface area contributed by atoms with E-state index in [0.29, 0.717) is 17.1 Å². The molecule has 2 N–H and O–H groups in total. The number of nitriles is 1. The quantitative estimate of drug-likeness (QED) is 0.886. The third kappa shape index (κ3) is 2.93. The van der Waals surface area contributed by atoms with E-state index in [1.807, 2.05) is 12.1 Å². The highest BCUT2D eigenvalue weighted by Gasteiger charge is 2.02. The van der Waals surface area contributed by atoms with Crippen LogP contribution in [0.3, 0.4) is 0 Å². The highest BCUT2D eigenvalue weighted by molar-refractivity contribution is 6.33. The fourth-order valence-electron chi connectivity index (χ4n) is 1.54. The van der Waals surface area contributed by atoms with Gasteiger partial charge in [0.15, 0.2) is 0 Å². The van der Waals surface area contributed by atoms with Crippen LogP contribution in [-0.2, 0) is 6.54 Å². The van der Waals surface area contributed by atoms with Crippen LogP contribution in [0.1, 0.15) is 11.1 Å². The molecule has 0 saturated carbocycles. The minimum atomic E-state index is 0.239. The molecule has 0 saturated heterocycles. The van der Waals surface area contributed by atoms with Crippen molar-refractivity contribution in [1.29, 1.82) is 5.26 Å². The molecule has 0 amide bonds. The van der Waals surface area contributed by atoms with E-state index in [-0.39, 0.29) is 5.75 Å². The molecule has 90 valence electrons. The Hall–Kier alpha value is -2.18. The van der Waals surface area contributed by atoms with Gasteiger partial charge in [0.25, 0.3) is 0 Å². The molecule has 2 rings (SSSR count). The summed E-state index contributed by atoms with van der Waals surface area (Å²) in [6.07, 6.45) is 0. The van der Waals surface area contributed by atoms with Gasteiger partial charge in [0.2, 0.25) is 0 Å². The zero-order valence-corrected chi connectivity index (χ0v) is 10.3. The van der Waals surface area contributed by atoms with Crippen molar-refractivity contribution in [1.82, 2.24) is 0 Å².